The van der Waals surface area contributed by atoms with Crippen LogP contribution in [0, 0.1) is 5.82 Å². The number of ether oxygens (including phenoxy) is 2. The molecule has 1 rings (SSSR count). The highest BCUT2D eigenvalue weighted by Crippen LogP contribution is 2.13. The predicted octanol–water partition coefficient (Wildman–Crippen LogP) is 2.63. The van der Waals surface area contributed by atoms with Crippen LogP contribution in [-0.2, 0) is 25.6 Å². The number of halogens is 1. The molecule has 1 aromatic rings. The molecule has 0 spiro atoms. The maximum atomic E-state index is 13.1. The van der Waals surface area contributed by atoms with Gasteiger partial charge in [-0.05, 0) is 52.3 Å². The van der Waals surface area contributed by atoms with E-state index in [9.17, 15) is 18.8 Å². The largest absolute Gasteiger partial charge is 0.467 e. The average Bonchev–Trinajstić information content (AvgIpc) is 2.57. The van der Waals surface area contributed by atoms with E-state index in [1.54, 1.807) is 20.8 Å². The molecule has 2 atom stereocenters. The highest BCUT2D eigenvalue weighted by Gasteiger charge is 2.31. The zero-order valence-electron chi connectivity index (χ0n) is 16.5. The number of alkyl carbamates (subject to hydrolysis) is 1. The molecule has 0 fully saturated rings. The summed E-state index contributed by atoms with van der Waals surface area (Å²) in [5.41, 5.74) is -0.0788. The fraction of sp³-hybridized carbons (Fsp3) is 0.526. The minimum atomic E-state index is -0.938. The highest BCUT2D eigenvalue weighted by atomic mass is 19.1. The van der Waals surface area contributed by atoms with Gasteiger partial charge in [0.25, 0.3) is 0 Å². The molecule has 150 valence electrons. The quantitative estimate of drug-likeness (QED) is 0.765. The Morgan fingerprint density at radius 3 is 2.19 bits per heavy atom. The van der Waals surface area contributed by atoms with E-state index >= 15 is 0 Å². The molecule has 0 aliphatic rings. The Hall–Kier alpha value is -2.64. The second-order valence-electron chi connectivity index (χ2n) is 7.16. The molecular weight excluding hydrogens is 355 g/mol. The second-order valence-corrected chi connectivity index (χ2v) is 7.16. The lowest BCUT2D eigenvalue weighted by atomic mass is 10.1. The van der Waals surface area contributed by atoms with Crippen LogP contribution in [0.2, 0.25) is 0 Å². The number of carbonyl (C=O) groups is 3. The Balaban J connectivity index is 2.96. The Morgan fingerprint density at radius 2 is 1.70 bits per heavy atom. The van der Waals surface area contributed by atoms with E-state index in [1.165, 1.54) is 50.1 Å². The van der Waals surface area contributed by atoms with Gasteiger partial charge < -0.3 is 19.7 Å². The summed E-state index contributed by atoms with van der Waals surface area (Å²) in [6.07, 6.45) is -0.740. The van der Waals surface area contributed by atoms with Crippen molar-refractivity contribution in [1.29, 1.82) is 0 Å². The van der Waals surface area contributed by atoms with Gasteiger partial charge in [-0.1, -0.05) is 12.1 Å². The summed E-state index contributed by atoms with van der Waals surface area (Å²) in [7, 11) is 1.22. The molecule has 0 aromatic heterocycles. The Labute approximate surface area is 158 Å². The lowest BCUT2D eigenvalue weighted by molar-refractivity contribution is -0.153. The van der Waals surface area contributed by atoms with Crippen molar-refractivity contribution in [3.63, 3.8) is 0 Å². The minimum Gasteiger partial charge on any atom is -0.467 e. The normalized spacial score (nSPS) is 13.3. The molecule has 1 N–H and O–H groups in total. The van der Waals surface area contributed by atoms with Crippen LogP contribution >= 0.6 is 0 Å². The smallest absolute Gasteiger partial charge is 0.408 e. The summed E-state index contributed by atoms with van der Waals surface area (Å²) in [5, 5.41) is 2.46. The molecule has 0 aliphatic carbocycles. The first-order chi connectivity index (χ1) is 12.4. The van der Waals surface area contributed by atoms with Gasteiger partial charge in [-0.15, -0.1) is 0 Å². The summed E-state index contributed by atoms with van der Waals surface area (Å²) in [6, 6.07) is 3.74. The number of esters is 1. The Morgan fingerprint density at radius 1 is 1.15 bits per heavy atom. The fourth-order valence-corrected chi connectivity index (χ4v) is 2.28. The molecule has 2 amide bonds. The van der Waals surface area contributed by atoms with Gasteiger partial charge in [0.2, 0.25) is 5.91 Å². The van der Waals surface area contributed by atoms with Crippen LogP contribution in [0.25, 0.3) is 0 Å². The van der Waals surface area contributed by atoms with Gasteiger partial charge in [-0.2, -0.15) is 0 Å². The van der Waals surface area contributed by atoms with E-state index < -0.39 is 41.5 Å². The number of rotatable bonds is 6. The lowest BCUT2D eigenvalue weighted by Crippen LogP contribution is -2.52. The van der Waals surface area contributed by atoms with Crippen molar-refractivity contribution in [3.8, 4) is 0 Å². The second kappa shape index (κ2) is 9.34. The summed E-state index contributed by atoms with van der Waals surface area (Å²) in [4.78, 5) is 38.0. The van der Waals surface area contributed by atoms with Gasteiger partial charge in [0.1, 0.15) is 23.5 Å². The molecule has 0 radical (unpaired) electrons. The van der Waals surface area contributed by atoms with Crippen molar-refractivity contribution in [2.75, 3.05) is 7.11 Å². The summed E-state index contributed by atoms with van der Waals surface area (Å²) in [5.74, 6) is -1.50. The van der Waals surface area contributed by atoms with Crippen molar-refractivity contribution < 1.29 is 28.2 Å². The Bertz CT molecular complexity index is 670. The third-order valence-electron chi connectivity index (χ3n) is 3.66. The van der Waals surface area contributed by atoms with Crippen molar-refractivity contribution in [1.82, 2.24) is 10.2 Å². The van der Waals surface area contributed by atoms with Crippen molar-refractivity contribution in [2.24, 2.45) is 0 Å². The zero-order valence-corrected chi connectivity index (χ0v) is 16.5. The first-order valence-electron chi connectivity index (χ1n) is 8.57. The molecule has 8 heteroatoms. The molecule has 7 nitrogen and oxygen atoms in total. The summed E-state index contributed by atoms with van der Waals surface area (Å²) >= 11 is 0. The molecule has 27 heavy (non-hydrogen) atoms. The Kier molecular flexibility index (Phi) is 7.75. The van der Waals surface area contributed by atoms with Crippen LogP contribution in [0.1, 0.15) is 40.2 Å². The highest BCUT2D eigenvalue weighted by molar-refractivity contribution is 5.89. The third-order valence-corrected chi connectivity index (χ3v) is 3.66. The summed E-state index contributed by atoms with van der Waals surface area (Å²) < 4.78 is 23.0. The van der Waals surface area contributed by atoms with Crippen LogP contribution in [0.4, 0.5) is 9.18 Å². The predicted molar refractivity (Wildman–Crippen MR) is 97.3 cm³/mol. The van der Waals surface area contributed by atoms with E-state index in [4.69, 9.17) is 9.47 Å². The number of amides is 2. The third kappa shape index (κ3) is 7.24. The zero-order chi connectivity index (χ0) is 20.8. The van der Waals surface area contributed by atoms with E-state index in [0.717, 1.165) is 0 Å². The standard InChI is InChI=1S/C19H27FN2O5/c1-12(21-18(25)27-19(3,4)5)16(23)22(13(2)17(24)26-6)11-14-7-9-15(20)10-8-14/h7-10,12-13H,11H2,1-6H3,(H,21,25)/t12-,13?/m0/s1. The van der Waals surface area contributed by atoms with E-state index in [-0.39, 0.29) is 6.54 Å². The number of nitrogens with zero attached hydrogens (tertiary/aromatic N) is 1. The van der Waals surface area contributed by atoms with Crippen LogP contribution in [0.5, 0.6) is 0 Å². The van der Waals surface area contributed by atoms with Crippen molar-refractivity contribution in [3.05, 3.63) is 35.6 Å². The van der Waals surface area contributed by atoms with Crippen LogP contribution in [0.15, 0.2) is 24.3 Å². The number of carbonyl (C=O) groups excluding carboxylic acids is 3. The van der Waals surface area contributed by atoms with E-state index in [1.807, 2.05) is 0 Å². The number of nitrogens with one attached hydrogen (secondary N) is 1. The molecule has 1 unspecified atom stereocenters. The van der Waals surface area contributed by atoms with Crippen molar-refractivity contribution in [2.45, 2.75) is 58.8 Å². The first-order valence-corrected chi connectivity index (χ1v) is 8.57. The van der Waals surface area contributed by atoms with Crippen LogP contribution in [0.3, 0.4) is 0 Å². The molecule has 0 heterocycles. The van der Waals surface area contributed by atoms with Gasteiger partial charge in [0.05, 0.1) is 7.11 Å². The molecular formula is C19H27FN2O5. The molecule has 0 saturated heterocycles. The molecule has 0 aliphatic heterocycles. The van der Waals surface area contributed by atoms with E-state index in [0.29, 0.717) is 5.56 Å². The van der Waals surface area contributed by atoms with Gasteiger partial charge in [-0.25, -0.2) is 14.0 Å². The van der Waals surface area contributed by atoms with Gasteiger partial charge in [0, 0.05) is 6.54 Å². The van der Waals surface area contributed by atoms with Gasteiger partial charge in [-0.3, -0.25) is 4.79 Å². The van der Waals surface area contributed by atoms with Gasteiger partial charge in [0.15, 0.2) is 0 Å². The monoisotopic (exact) mass is 382 g/mol. The summed E-state index contributed by atoms with van der Waals surface area (Å²) in [6.45, 7) is 8.19. The number of hydrogen-bond acceptors (Lipinski definition) is 5. The van der Waals surface area contributed by atoms with Crippen LogP contribution < -0.4 is 5.32 Å². The molecule has 1 aromatic carbocycles. The fourth-order valence-electron chi connectivity index (χ4n) is 2.28. The lowest BCUT2D eigenvalue weighted by Gasteiger charge is -2.30. The maximum absolute atomic E-state index is 13.1. The number of benzene rings is 1. The average molecular weight is 382 g/mol. The molecule has 0 saturated carbocycles. The SMILES string of the molecule is COC(=O)C(C)N(Cc1ccc(F)cc1)C(=O)[C@H](C)NC(=O)OC(C)(C)C. The minimum absolute atomic E-state index is 0.0513. The van der Waals surface area contributed by atoms with Crippen molar-refractivity contribution >= 4 is 18.0 Å². The van der Waals surface area contributed by atoms with Gasteiger partial charge >= 0.3 is 12.1 Å². The molecule has 0 bridgehead atoms. The van der Waals surface area contributed by atoms with Crippen LogP contribution in [-0.4, -0.2) is 47.7 Å². The first kappa shape index (κ1) is 22.4. The number of hydrogen-bond donors (Lipinski definition) is 1. The maximum Gasteiger partial charge on any atom is 0.408 e. The number of methoxy groups -OCH3 is 1. The van der Waals surface area contributed by atoms with E-state index in [2.05, 4.69) is 5.32 Å². The topological polar surface area (TPSA) is 84.9 Å².